The van der Waals surface area contributed by atoms with Crippen molar-refractivity contribution in [3.8, 4) is 0 Å². The van der Waals surface area contributed by atoms with E-state index >= 15 is 0 Å². The number of anilines is 1. The molecular weight excluding hydrogens is 326 g/mol. The Morgan fingerprint density at radius 2 is 1.88 bits per heavy atom. The predicted molar refractivity (Wildman–Crippen MR) is 103 cm³/mol. The molecule has 0 spiro atoms. The van der Waals surface area contributed by atoms with Crippen LogP contribution in [0.5, 0.6) is 0 Å². The summed E-state index contributed by atoms with van der Waals surface area (Å²) in [6.07, 6.45) is 3.92. The number of benzene rings is 2. The Labute approximate surface area is 153 Å². The molecule has 0 aliphatic carbocycles. The average molecular weight is 349 g/mol. The SMILES string of the molecule is O=C(CCCc1ccccc1)n1cnc2ccc(N3CCOCC3)cc21. The summed E-state index contributed by atoms with van der Waals surface area (Å²) in [5, 5.41) is 0. The zero-order valence-corrected chi connectivity index (χ0v) is 14.8. The van der Waals surface area contributed by atoms with Crippen molar-refractivity contribution in [3.05, 3.63) is 60.4 Å². The fourth-order valence-electron chi connectivity index (χ4n) is 3.42. The average Bonchev–Trinajstić information content (AvgIpc) is 3.13. The first-order valence-electron chi connectivity index (χ1n) is 9.18. The third-order valence-corrected chi connectivity index (χ3v) is 4.87. The number of nitrogens with zero attached hydrogens (tertiary/aromatic N) is 3. The van der Waals surface area contributed by atoms with Gasteiger partial charge in [-0.2, -0.15) is 0 Å². The lowest BCUT2D eigenvalue weighted by Crippen LogP contribution is -2.36. The maximum absolute atomic E-state index is 12.7. The Balaban J connectivity index is 1.47. The van der Waals surface area contributed by atoms with E-state index in [0.717, 1.165) is 55.9 Å². The molecule has 0 atom stereocenters. The lowest BCUT2D eigenvalue weighted by Gasteiger charge is -2.28. The standard InChI is InChI=1S/C21H23N3O2/c25-21(8-4-7-17-5-2-1-3-6-17)24-16-22-19-10-9-18(15-20(19)24)23-11-13-26-14-12-23/h1-3,5-6,9-10,15-16H,4,7-8,11-14H2. The van der Waals surface area contributed by atoms with Crippen LogP contribution < -0.4 is 4.90 Å². The minimum Gasteiger partial charge on any atom is -0.378 e. The van der Waals surface area contributed by atoms with Crippen molar-refractivity contribution in [1.82, 2.24) is 9.55 Å². The van der Waals surface area contributed by atoms with Gasteiger partial charge in [0.2, 0.25) is 5.91 Å². The van der Waals surface area contributed by atoms with Crippen molar-refractivity contribution in [2.45, 2.75) is 19.3 Å². The summed E-state index contributed by atoms with van der Waals surface area (Å²) in [5.74, 6) is 0.0996. The van der Waals surface area contributed by atoms with Crippen LogP contribution in [0.2, 0.25) is 0 Å². The molecule has 134 valence electrons. The van der Waals surface area contributed by atoms with E-state index < -0.39 is 0 Å². The predicted octanol–water partition coefficient (Wildman–Crippen LogP) is 3.54. The Bertz CT molecular complexity index is 883. The smallest absolute Gasteiger partial charge is 0.232 e. The van der Waals surface area contributed by atoms with Gasteiger partial charge in [-0.25, -0.2) is 4.98 Å². The summed E-state index contributed by atoms with van der Waals surface area (Å²) >= 11 is 0. The Morgan fingerprint density at radius 3 is 2.69 bits per heavy atom. The number of carbonyl (C=O) groups is 1. The van der Waals surface area contributed by atoms with Crippen LogP contribution in [0.15, 0.2) is 54.9 Å². The zero-order chi connectivity index (χ0) is 17.8. The third kappa shape index (κ3) is 3.63. The maximum Gasteiger partial charge on any atom is 0.232 e. The molecule has 0 bridgehead atoms. The lowest BCUT2D eigenvalue weighted by molar-refractivity contribution is 0.0905. The van der Waals surface area contributed by atoms with Crippen LogP contribution in [-0.2, 0) is 11.2 Å². The van der Waals surface area contributed by atoms with Crippen LogP contribution in [0.3, 0.4) is 0 Å². The van der Waals surface area contributed by atoms with E-state index in [4.69, 9.17) is 4.74 Å². The number of hydrogen-bond acceptors (Lipinski definition) is 4. The fraction of sp³-hybridized carbons (Fsp3) is 0.333. The van der Waals surface area contributed by atoms with Gasteiger partial charge in [0.05, 0.1) is 24.2 Å². The van der Waals surface area contributed by atoms with Gasteiger partial charge >= 0.3 is 0 Å². The molecule has 1 saturated heterocycles. The first-order chi connectivity index (χ1) is 12.8. The molecule has 1 aliphatic rings. The molecule has 0 amide bonds. The summed E-state index contributed by atoms with van der Waals surface area (Å²) in [6.45, 7) is 3.25. The van der Waals surface area contributed by atoms with Crippen LogP contribution in [0.1, 0.15) is 23.2 Å². The molecule has 3 aromatic rings. The van der Waals surface area contributed by atoms with Crippen molar-refractivity contribution >= 4 is 22.6 Å². The molecule has 0 N–H and O–H groups in total. The molecule has 5 nitrogen and oxygen atoms in total. The summed E-state index contributed by atoms with van der Waals surface area (Å²) in [5.41, 5.74) is 4.14. The van der Waals surface area contributed by atoms with Crippen molar-refractivity contribution in [2.75, 3.05) is 31.2 Å². The van der Waals surface area contributed by atoms with E-state index in [9.17, 15) is 4.79 Å². The van der Waals surface area contributed by atoms with E-state index in [1.54, 1.807) is 10.9 Å². The van der Waals surface area contributed by atoms with Crippen LogP contribution in [0.4, 0.5) is 5.69 Å². The molecule has 26 heavy (non-hydrogen) atoms. The van der Waals surface area contributed by atoms with Gasteiger partial charge in [0.25, 0.3) is 0 Å². The number of carbonyl (C=O) groups excluding carboxylic acids is 1. The topological polar surface area (TPSA) is 47.4 Å². The molecule has 0 unspecified atom stereocenters. The first-order valence-corrected chi connectivity index (χ1v) is 9.18. The van der Waals surface area contributed by atoms with Gasteiger partial charge < -0.3 is 9.64 Å². The van der Waals surface area contributed by atoms with Gasteiger partial charge in [0.15, 0.2) is 0 Å². The van der Waals surface area contributed by atoms with Gasteiger partial charge in [0.1, 0.15) is 6.33 Å². The highest BCUT2D eigenvalue weighted by Crippen LogP contribution is 2.23. The van der Waals surface area contributed by atoms with Crippen LogP contribution in [-0.4, -0.2) is 41.8 Å². The van der Waals surface area contributed by atoms with Gasteiger partial charge in [-0.15, -0.1) is 0 Å². The highest BCUT2D eigenvalue weighted by molar-refractivity contribution is 5.91. The number of imidazole rings is 1. The highest BCUT2D eigenvalue weighted by atomic mass is 16.5. The molecular formula is C21H23N3O2. The molecule has 0 saturated carbocycles. The maximum atomic E-state index is 12.7. The Hall–Kier alpha value is -2.66. The highest BCUT2D eigenvalue weighted by Gasteiger charge is 2.15. The third-order valence-electron chi connectivity index (χ3n) is 4.87. The van der Waals surface area contributed by atoms with E-state index in [1.807, 2.05) is 24.3 Å². The van der Waals surface area contributed by atoms with E-state index in [1.165, 1.54) is 5.56 Å². The van der Waals surface area contributed by atoms with Crippen molar-refractivity contribution < 1.29 is 9.53 Å². The molecule has 5 heteroatoms. The minimum absolute atomic E-state index is 0.0996. The van der Waals surface area contributed by atoms with Gasteiger partial charge in [-0.1, -0.05) is 30.3 Å². The molecule has 2 heterocycles. The van der Waals surface area contributed by atoms with Crippen molar-refractivity contribution in [1.29, 1.82) is 0 Å². The van der Waals surface area contributed by atoms with Crippen molar-refractivity contribution in [3.63, 3.8) is 0 Å². The van der Waals surface area contributed by atoms with E-state index in [0.29, 0.717) is 6.42 Å². The van der Waals surface area contributed by atoms with Crippen LogP contribution in [0.25, 0.3) is 11.0 Å². The minimum atomic E-state index is 0.0996. The van der Waals surface area contributed by atoms with Crippen LogP contribution in [0, 0.1) is 0 Å². The largest absolute Gasteiger partial charge is 0.378 e. The number of hydrogen-bond donors (Lipinski definition) is 0. The second kappa shape index (κ2) is 7.70. The van der Waals surface area contributed by atoms with E-state index in [2.05, 4.69) is 34.1 Å². The van der Waals surface area contributed by atoms with E-state index in [-0.39, 0.29) is 5.91 Å². The summed E-state index contributed by atoms with van der Waals surface area (Å²) < 4.78 is 7.12. The number of aryl methyl sites for hydroxylation is 1. The van der Waals surface area contributed by atoms with Crippen LogP contribution >= 0.6 is 0 Å². The lowest BCUT2D eigenvalue weighted by atomic mass is 10.1. The molecule has 1 fully saturated rings. The summed E-state index contributed by atoms with van der Waals surface area (Å²) in [7, 11) is 0. The monoisotopic (exact) mass is 349 g/mol. The normalized spacial score (nSPS) is 14.7. The number of fused-ring (bicyclic) bond motifs is 1. The molecule has 0 radical (unpaired) electrons. The second-order valence-corrected chi connectivity index (χ2v) is 6.62. The number of rotatable bonds is 5. The quantitative estimate of drug-likeness (QED) is 0.707. The molecule has 1 aliphatic heterocycles. The second-order valence-electron chi connectivity index (χ2n) is 6.62. The number of ether oxygens (including phenoxy) is 1. The van der Waals surface area contributed by atoms with Gasteiger partial charge in [0, 0.05) is 25.2 Å². The van der Waals surface area contributed by atoms with Gasteiger partial charge in [-0.05, 0) is 36.6 Å². The Kier molecular flexibility index (Phi) is 4.97. The Morgan fingerprint density at radius 1 is 1.08 bits per heavy atom. The fourth-order valence-corrected chi connectivity index (χ4v) is 3.42. The molecule has 4 rings (SSSR count). The molecule has 1 aromatic heterocycles. The van der Waals surface area contributed by atoms with Crippen molar-refractivity contribution in [2.24, 2.45) is 0 Å². The zero-order valence-electron chi connectivity index (χ0n) is 14.8. The first kappa shape index (κ1) is 16.8. The summed E-state index contributed by atoms with van der Waals surface area (Å²) in [4.78, 5) is 19.4. The number of morpholine rings is 1. The number of aromatic nitrogens is 2. The van der Waals surface area contributed by atoms with Gasteiger partial charge in [-0.3, -0.25) is 9.36 Å². The summed E-state index contributed by atoms with van der Waals surface area (Å²) in [6, 6.07) is 16.4. The molecule has 2 aromatic carbocycles.